The van der Waals surface area contributed by atoms with Crippen molar-refractivity contribution in [2.75, 3.05) is 20.3 Å². The summed E-state index contributed by atoms with van der Waals surface area (Å²) in [5.74, 6) is -0.474. The molecule has 0 saturated carbocycles. The van der Waals surface area contributed by atoms with Crippen molar-refractivity contribution in [3.63, 3.8) is 0 Å². The maximum Gasteiger partial charge on any atom is 0.321 e. The Morgan fingerprint density at radius 1 is 1.21 bits per heavy atom. The van der Waals surface area contributed by atoms with Gasteiger partial charge in [0.1, 0.15) is 5.75 Å². The molecule has 0 aliphatic rings. The second-order valence-electron chi connectivity index (χ2n) is 6.33. The van der Waals surface area contributed by atoms with Crippen molar-refractivity contribution < 1.29 is 23.9 Å². The SMILES string of the molecule is CCNC(=O)NC(=O)COC(=O)CCc1c(C)nn(-c2cccc(OC)c2)c1C. The second kappa shape index (κ2) is 10.3. The Morgan fingerprint density at radius 2 is 1.97 bits per heavy atom. The number of benzene rings is 1. The van der Waals surface area contributed by atoms with Crippen LogP contribution in [0.5, 0.6) is 5.75 Å². The number of ether oxygens (including phenoxy) is 2. The zero-order valence-corrected chi connectivity index (χ0v) is 17.1. The second-order valence-corrected chi connectivity index (χ2v) is 6.33. The van der Waals surface area contributed by atoms with Crippen molar-refractivity contribution >= 4 is 17.9 Å². The van der Waals surface area contributed by atoms with Gasteiger partial charge in [-0.15, -0.1) is 0 Å². The number of aromatic nitrogens is 2. The van der Waals surface area contributed by atoms with Crippen LogP contribution in [-0.4, -0.2) is 47.9 Å². The van der Waals surface area contributed by atoms with Crippen molar-refractivity contribution in [1.82, 2.24) is 20.4 Å². The van der Waals surface area contributed by atoms with E-state index < -0.39 is 24.5 Å². The molecule has 0 spiro atoms. The topological polar surface area (TPSA) is 112 Å². The van der Waals surface area contributed by atoms with Crippen LogP contribution in [0.2, 0.25) is 0 Å². The molecule has 9 heteroatoms. The van der Waals surface area contributed by atoms with E-state index in [0.29, 0.717) is 13.0 Å². The van der Waals surface area contributed by atoms with Gasteiger partial charge in [-0.3, -0.25) is 14.9 Å². The molecule has 2 aromatic rings. The van der Waals surface area contributed by atoms with Gasteiger partial charge in [0.05, 0.1) is 18.5 Å². The molecule has 29 heavy (non-hydrogen) atoms. The lowest BCUT2D eigenvalue weighted by Crippen LogP contribution is -2.41. The van der Waals surface area contributed by atoms with E-state index >= 15 is 0 Å². The van der Waals surface area contributed by atoms with E-state index in [1.165, 1.54) is 0 Å². The van der Waals surface area contributed by atoms with Gasteiger partial charge < -0.3 is 14.8 Å². The van der Waals surface area contributed by atoms with Crippen molar-refractivity contribution in [3.8, 4) is 11.4 Å². The molecule has 0 bridgehead atoms. The van der Waals surface area contributed by atoms with Crippen LogP contribution in [0.25, 0.3) is 5.69 Å². The van der Waals surface area contributed by atoms with Crippen molar-refractivity contribution in [3.05, 3.63) is 41.2 Å². The van der Waals surface area contributed by atoms with E-state index in [0.717, 1.165) is 28.4 Å². The molecular formula is C20H26N4O5. The molecule has 0 unspecified atom stereocenters. The molecule has 3 amide bonds. The van der Waals surface area contributed by atoms with Gasteiger partial charge in [-0.05, 0) is 44.9 Å². The highest BCUT2D eigenvalue weighted by Gasteiger charge is 2.16. The third-order valence-electron chi connectivity index (χ3n) is 4.27. The number of hydrogen-bond acceptors (Lipinski definition) is 6. The Kier molecular flexibility index (Phi) is 7.76. The first-order valence-electron chi connectivity index (χ1n) is 9.28. The average molecular weight is 402 g/mol. The quantitative estimate of drug-likeness (QED) is 0.652. The molecule has 156 valence electrons. The Labute approximate surface area is 169 Å². The lowest BCUT2D eigenvalue weighted by molar-refractivity contribution is -0.148. The summed E-state index contributed by atoms with van der Waals surface area (Å²) in [6.07, 6.45) is 0.526. The summed E-state index contributed by atoms with van der Waals surface area (Å²) in [7, 11) is 1.60. The van der Waals surface area contributed by atoms with Gasteiger partial charge in [-0.1, -0.05) is 6.07 Å². The summed E-state index contributed by atoms with van der Waals surface area (Å²) >= 11 is 0. The standard InChI is InChI=1S/C20H26N4O5/c1-5-21-20(27)22-18(25)12-29-19(26)10-9-17-13(2)23-24(14(17)3)15-7-6-8-16(11-15)28-4/h6-8,11H,5,9-10,12H2,1-4H3,(H2,21,22,25,27). The number of esters is 1. The summed E-state index contributed by atoms with van der Waals surface area (Å²) in [5, 5.41) is 9.05. The van der Waals surface area contributed by atoms with E-state index in [9.17, 15) is 14.4 Å². The van der Waals surface area contributed by atoms with Gasteiger partial charge in [-0.25, -0.2) is 9.48 Å². The van der Waals surface area contributed by atoms with Gasteiger partial charge in [0.15, 0.2) is 6.61 Å². The number of methoxy groups -OCH3 is 1. The summed E-state index contributed by atoms with van der Waals surface area (Å²) in [4.78, 5) is 34.8. The number of rotatable bonds is 8. The van der Waals surface area contributed by atoms with E-state index in [4.69, 9.17) is 9.47 Å². The van der Waals surface area contributed by atoms with Crippen molar-refractivity contribution in [1.29, 1.82) is 0 Å². The first-order chi connectivity index (χ1) is 13.8. The molecule has 0 aliphatic carbocycles. The lowest BCUT2D eigenvalue weighted by Gasteiger charge is -2.08. The van der Waals surface area contributed by atoms with Crippen LogP contribution in [0.3, 0.4) is 0 Å². The minimum atomic E-state index is -0.678. The molecule has 2 N–H and O–H groups in total. The monoisotopic (exact) mass is 402 g/mol. The van der Waals surface area contributed by atoms with Crippen LogP contribution >= 0.6 is 0 Å². The van der Waals surface area contributed by atoms with Gasteiger partial charge in [0, 0.05) is 24.7 Å². The molecule has 0 saturated heterocycles. The third-order valence-corrected chi connectivity index (χ3v) is 4.27. The fraction of sp³-hybridized carbons (Fsp3) is 0.400. The number of urea groups is 1. The minimum Gasteiger partial charge on any atom is -0.497 e. The molecule has 0 fully saturated rings. The number of nitrogens with one attached hydrogen (secondary N) is 2. The molecular weight excluding hydrogens is 376 g/mol. The van der Waals surface area contributed by atoms with Crippen LogP contribution < -0.4 is 15.4 Å². The Balaban J connectivity index is 1.94. The predicted molar refractivity (Wildman–Crippen MR) is 106 cm³/mol. The Morgan fingerprint density at radius 3 is 2.66 bits per heavy atom. The maximum atomic E-state index is 12.0. The van der Waals surface area contributed by atoms with E-state index in [-0.39, 0.29) is 6.42 Å². The highest BCUT2D eigenvalue weighted by molar-refractivity contribution is 5.95. The molecule has 1 aromatic carbocycles. The number of carbonyl (C=O) groups is 3. The van der Waals surface area contributed by atoms with Crippen LogP contribution in [-0.2, 0) is 20.7 Å². The predicted octanol–water partition coefficient (Wildman–Crippen LogP) is 1.82. The number of nitrogens with zero attached hydrogens (tertiary/aromatic N) is 2. The summed E-state index contributed by atoms with van der Waals surface area (Å²) in [5.41, 5.74) is 3.53. The van der Waals surface area contributed by atoms with E-state index in [1.54, 1.807) is 18.7 Å². The normalized spacial score (nSPS) is 10.3. The summed E-state index contributed by atoms with van der Waals surface area (Å²) < 4.78 is 12.0. The number of carbonyl (C=O) groups excluding carboxylic acids is 3. The fourth-order valence-corrected chi connectivity index (χ4v) is 2.84. The number of imide groups is 1. The highest BCUT2D eigenvalue weighted by Crippen LogP contribution is 2.22. The molecule has 0 atom stereocenters. The largest absolute Gasteiger partial charge is 0.497 e. The smallest absolute Gasteiger partial charge is 0.321 e. The van der Waals surface area contributed by atoms with Crippen LogP contribution in [0.1, 0.15) is 30.3 Å². The lowest BCUT2D eigenvalue weighted by atomic mass is 10.1. The minimum absolute atomic E-state index is 0.0971. The van der Waals surface area contributed by atoms with Gasteiger partial charge in [0.25, 0.3) is 5.91 Å². The molecule has 9 nitrogen and oxygen atoms in total. The first kappa shape index (κ1) is 21.9. The Hall–Kier alpha value is -3.36. The van der Waals surface area contributed by atoms with E-state index in [2.05, 4.69) is 15.7 Å². The molecule has 1 heterocycles. The Bertz CT molecular complexity index is 891. The molecule has 2 rings (SSSR count). The van der Waals surface area contributed by atoms with Crippen LogP contribution in [0.4, 0.5) is 4.79 Å². The number of aryl methyl sites for hydroxylation is 1. The number of amides is 3. The first-order valence-corrected chi connectivity index (χ1v) is 9.28. The molecule has 1 aromatic heterocycles. The zero-order valence-electron chi connectivity index (χ0n) is 17.1. The van der Waals surface area contributed by atoms with Crippen molar-refractivity contribution in [2.24, 2.45) is 0 Å². The van der Waals surface area contributed by atoms with Gasteiger partial charge >= 0.3 is 12.0 Å². The van der Waals surface area contributed by atoms with E-state index in [1.807, 2.05) is 38.1 Å². The summed E-state index contributed by atoms with van der Waals surface area (Å²) in [6, 6.07) is 6.92. The fourth-order valence-electron chi connectivity index (χ4n) is 2.84. The average Bonchev–Trinajstić information content (AvgIpc) is 2.98. The molecule has 0 aliphatic heterocycles. The highest BCUT2D eigenvalue weighted by atomic mass is 16.5. The van der Waals surface area contributed by atoms with Crippen LogP contribution in [0.15, 0.2) is 24.3 Å². The van der Waals surface area contributed by atoms with Crippen molar-refractivity contribution in [2.45, 2.75) is 33.6 Å². The third kappa shape index (κ3) is 6.06. The molecule has 0 radical (unpaired) electrons. The van der Waals surface area contributed by atoms with Gasteiger partial charge in [0.2, 0.25) is 0 Å². The number of hydrogen-bond donors (Lipinski definition) is 2. The maximum absolute atomic E-state index is 12.0. The summed E-state index contributed by atoms with van der Waals surface area (Å²) in [6.45, 7) is 5.42. The van der Waals surface area contributed by atoms with Crippen LogP contribution in [0, 0.1) is 13.8 Å². The van der Waals surface area contributed by atoms with Gasteiger partial charge in [-0.2, -0.15) is 5.10 Å². The zero-order chi connectivity index (χ0) is 21.4.